The zero-order chi connectivity index (χ0) is 47.5. The van der Waals surface area contributed by atoms with Crippen molar-refractivity contribution in [1.82, 2.24) is 0 Å². The average Bonchev–Trinajstić information content (AvgIpc) is 3.66. The van der Waals surface area contributed by atoms with Gasteiger partial charge in [-0.25, -0.2) is 0 Å². The molecule has 14 unspecified atom stereocenters. The Morgan fingerprint density at radius 3 is 2.08 bits per heavy atom. The van der Waals surface area contributed by atoms with Gasteiger partial charge in [0.15, 0.2) is 6.29 Å². The van der Waals surface area contributed by atoms with Gasteiger partial charge in [0, 0.05) is 6.42 Å². The van der Waals surface area contributed by atoms with Gasteiger partial charge in [-0.2, -0.15) is 0 Å². The molecule has 1 saturated heterocycles. The van der Waals surface area contributed by atoms with E-state index in [4.69, 9.17) is 14.2 Å². The summed E-state index contributed by atoms with van der Waals surface area (Å²) in [5.41, 5.74) is 2.10. The molecule has 0 aromatic carbocycles. The normalized spacial score (nSPS) is 34.7. The van der Waals surface area contributed by atoms with E-state index in [1.165, 1.54) is 50.5 Å². The van der Waals surface area contributed by atoms with Crippen LogP contribution in [0.25, 0.3) is 0 Å². The van der Waals surface area contributed by atoms with Crippen molar-refractivity contribution in [2.75, 3.05) is 6.61 Å². The molecule has 3 N–H and O–H groups in total. The monoisotopic (exact) mass is 917 g/mol. The SMILES string of the molecule is CC/C=C\C/C=C\C/C=C\C/C=C\C/C=C\CCCCCCCC(=O)OCC1OC(OC2CCC3(C)C(=CCC4C3CCC3(C)C(C(C)CCC(CC)C(C)C)CCC43)C2)C(O)C(O)C1O. The van der Waals surface area contributed by atoms with E-state index in [1.807, 2.05) is 0 Å². The van der Waals surface area contributed by atoms with E-state index < -0.39 is 30.7 Å². The minimum absolute atomic E-state index is 0.151. The van der Waals surface area contributed by atoms with Gasteiger partial charge >= 0.3 is 5.97 Å². The van der Waals surface area contributed by atoms with E-state index in [-0.39, 0.29) is 24.1 Å². The molecule has 5 aliphatic rings. The lowest BCUT2D eigenvalue weighted by Gasteiger charge is -2.58. The minimum atomic E-state index is -1.46. The first-order valence-corrected chi connectivity index (χ1v) is 27.3. The molecule has 4 aliphatic carbocycles. The van der Waals surface area contributed by atoms with Gasteiger partial charge < -0.3 is 29.5 Å². The van der Waals surface area contributed by atoms with Crippen LogP contribution in [0.1, 0.15) is 196 Å². The number of hydrogen-bond acceptors (Lipinski definition) is 7. The van der Waals surface area contributed by atoms with Gasteiger partial charge in [0.2, 0.25) is 0 Å². The molecule has 0 aromatic heterocycles. The third-order valence-corrected chi connectivity index (χ3v) is 17.6. The predicted molar refractivity (Wildman–Crippen MR) is 272 cm³/mol. The van der Waals surface area contributed by atoms with Crippen molar-refractivity contribution >= 4 is 5.97 Å². The van der Waals surface area contributed by atoms with Gasteiger partial charge in [0.1, 0.15) is 31.0 Å². The van der Waals surface area contributed by atoms with E-state index in [9.17, 15) is 20.1 Å². The molecule has 7 nitrogen and oxygen atoms in total. The summed E-state index contributed by atoms with van der Waals surface area (Å²) in [4.78, 5) is 12.7. The molecule has 1 heterocycles. The van der Waals surface area contributed by atoms with E-state index in [0.717, 1.165) is 132 Å². The minimum Gasteiger partial charge on any atom is -0.463 e. The smallest absolute Gasteiger partial charge is 0.305 e. The Morgan fingerprint density at radius 1 is 0.758 bits per heavy atom. The van der Waals surface area contributed by atoms with Crippen LogP contribution in [0.3, 0.4) is 0 Å². The first kappa shape index (κ1) is 54.6. The van der Waals surface area contributed by atoms with Gasteiger partial charge in [-0.05, 0) is 161 Å². The topological polar surface area (TPSA) is 105 Å². The molecule has 0 bridgehead atoms. The highest BCUT2D eigenvalue weighted by Gasteiger charge is 2.59. The number of ether oxygens (including phenoxy) is 3. The lowest BCUT2D eigenvalue weighted by Crippen LogP contribution is -2.60. The molecular weight excluding hydrogens is 821 g/mol. The molecule has 0 spiro atoms. The standard InChI is InChI=1S/C59H96O7/c1-8-10-11-12-13-14-15-16-17-18-19-20-21-22-23-24-25-26-27-28-29-30-53(60)64-42-52-54(61)55(62)56(63)57(66-52)65-47-37-39-58(6)46(41-47)33-34-48-50-36-35-49(59(50,7)40-38-51(48)58)44(5)31-32-45(9-2)43(3)4/h10-11,13-14,16-17,19-20,22-23,33,43-45,47-52,54-57,61-63H,8-9,12,15,18,21,24-32,34-42H2,1-7H3/b11-10-,14-13-,17-16-,20-19-,23-22-. The van der Waals surface area contributed by atoms with Crippen LogP contribution < -0.4 is 0 Å². The second-order valence-electron chi connectivity index (χ2n) is 22.2. The summed E-state index contributed by atoms with van der Waals surface area (Å²) in [7, 11) is 0. The fourth-order valence-electron chi connectivity index (χ4n) is 13.4. The second-order valence-corrected chi connectivity index (χ2v) is 22.2. The van der Waals surface area contributed by atoms with Crippen LogP contribution in [0, 0.1) is 52.3 Å². The van der Waals surface area contributed by atoms with Crippen LogP contribution in [0.4, 0.5) is 0 Å². The number of rotatable bonds is 27. The molecule has 3 saturated carbocycles. The Bertz CT molecular complexity index is 1610. The van der Waals surface area contributed by atoms with Gasteiger partial charge in [0.05, 0.1) is 6.10 Å². The van der Waals surface area contributed by atoms with Gasteiger partial charge in [-0.15, -0.1) is 0 Å². The molecule has 1 aliphatic heterocycles. The number of hydrogen-bond donors (Lipinski definition) is 3. The number of carbonyl (C=O) groups excluding carboxylic acids is 1. The molecule has 7 heteroatoms. The predicted octanol–water partition coefficient (Wildman–Crippen LogP) is 13.9. The van der Waals surface area contributed by atoms with Crippen molar-refractivity contribution in [2.24, 2.45) is 52.3 Å². The van der Waals surface area contributed by atoms with Gasteiger partial charge in [-0.3, -0.25) is 4.79 Å². The quantitative estimate of drug-likeness (QED) is 0.0428. The highest BCUT2D eigenvalue weighted by molar-refractivity contribution is 5.69. The molecule has 66 heavy (non-hydrogen) atoms. The summed E-state index contributed by atoms with van der Waals surface area (Å²) in [6, 6.07) is 0. The van der Waals surface area contributed by atoms with Crippen LogP contribution in [-0.4, -0.2) is 64.7 Å². The maximum Gasteiger partial charge on any atom is 0.305 e. The molecule has 5 rings (SSSR count). The summed E-state index contributed by atoms with van der Waals surface area (Å²) in [6.45, 7) is 16.9. The molecule has 4 fully saturated rings. The Hall–Kier alpha value is -2.29. The number of aliphatic hydroxyl groups excluding tert-OH is 3. The summed E-state index contributed by atoms with van der Waals surface area (Å²) in [6.07, 6.45) is 43.1. The number of aliphatic hydroxyl groups is 3. The van der Waals surface area contributed by atoms with Crippen molar-refractivity contribution in [3.05, 3.63) is 72.4 Å². The summed E-state index contributed by atoms with van der Waals surface area (Å²) < 4.78 is 18.1. The van der Waals surface area contributed by atoms with Crippen molar-refractivity contribution in [2.45, 2.75) is 233 Å². The lowest BCUT2D eigenvalue weighted by molar-refractivity contribution is -0.313. The van der Waals surface area contributed by atoms with Crippen molar-refractivity contribution in [3.8, 4) is 0 Å². The zero-order valence-electron chi connectivity index (χ0n) is 42.8. The molecule has 0 amide bonds. The summed E-state index contributed by atoms with van der Waals surface area (Å²) >= 11 is 0. The van der Waals surface area contributed by atoms with E-state index >= 15 is 0 Å². The molecule has 0 radical (unpaired) electrons. The molecule has 0 aromatic rings. The Balaban J connectivity index is 0.967. The van der Waals surface area contributed by atoms with E-state index in [2.05, 4.69) is 115 Å². The fourth-order valence-corrected chi connectivity index (χ4v) is 13.4. The largest absolute Gasteiger partial charge is 0.463 e. The lowest BCUT2D eigenvalue weighted by atomic mass is 9.47. The first-order valence-electron chi connectivity index (χ1n) is 27.3. The van der Waals surface area contributed by atoms with Crippen molar-refractivity contribution < 1.29 is 34.3 Å². The number of carbonyl (C=O) groups is 1. The maximum atomic E-state index is 12.7. The molecular formula is C59H96O7. The second kappa shape index (κ2) is 27.8. The van der Waals surface area contributed by atoms with E-state index in [1.54, 1.807) is 0 Å². The van der Waals surface area contributed by atoms with E-state index in [0.29, 0.717) is 17.8 Å². The first-order chi connectivity index (χ1) is 31.8. The zero-order valence-corrected chi connectivity index (χ0v) is 42.8. The van der Waals surface area contributed by atoms with Gasteiger partial charge in [-0.1, -0.05) is 153 Å². The van der Waals surface area contributed by atoms with Crippen LogP contribution in [0.15, 0.2) is 72.4 Å². The Labute approximate surface area is 403 Å². The van der Waals surface area contributed by atoms with Crippen LogP contribution in [-0.2, 0) is 19.0 Å². The summed E-state index contributed by atoms with van der Waals surface area (Å²) in [5, 5.41) is 32.6. The third kappa shape index (κ3) is 15.1. The van der Waals surface area contributed by atoms with Crippen LogP contribution in [0.5, 0.6) is 0 Å². The number of esters is 1. The number of allylic oxidation sites excluding steroid dienone is 11. The number of fused-ring (bicyclic) bond motifs is 5. The summed E-state index contributed by atoms with van der Waals surface area (Å²) in [5.74, 6) is 5.17. The Morgan fingerprint density at radius 2 is 1.41 bits per heavy atom. The van der Waals surface area contributed by atoms with Crippen molar-refractivity contribution in [3.63, 3.8) is 0 Å². The average molecular weight is 917 g/mol. The Kier molecular flexibility index (Phi) is 23.0. The van der Waals surface area contributed by atoms with Crippen LogP contribution in [0.2, 0.25) is 0 Å². The maximum absolute atomic E-state index is 12.7. The highest BCUT2D eigenvalue weighted by atomic mass is 16.7. The fraction of sp³-hybridized carbons (Fsp3) is 0.780. The highest BCUT2D eigenvalue weighted by Crippen LogP contribution is 2.67. The number of unbranched alkanes of at least 4 members (excludes halogenated alkanes) is 5. The molecule has 14 atom stereocenters. The van der Waals surface area contributed by atoms with Crippen molar-refractivity contribution in [1.29, 1.82) is 0 Å². The van der Waals surface area contributed by atoms with Gasteiger partial charge in [0.25, 0.3) is 0 Å². The third-order valence-electron chi connectivity index (χ3n) is 17.6. The molecule has 374 valence electrons. The van der Waals surface area contributed by atoms with Crippen LogP contribution >= 0.6 is 0 Å².